The second-order valence-corrected chi connectivity index (χ2v) is 5.17. The lowest BCUT2D eigenvalue weighted by atomic mass is 9.94. The smallest absolute Gasteiger partial charge is 0.231 e. The van der Waals surface area contributed by atoms with E-state index in [9.17, 15) is 5.11 Å². The number of nitrogen functional groups attached to an aromatic ring is 1. The van der Waals surface area contributed by atoms with E-state index < -0.39 is 5.60 Å². The van der Waals surface area contributed by atoms with Gasteiger partial charge in [0.1, 0.15) is 0 Å². The molecule has 100 valence electrons. The standard InChI is InChI=1S/C11H20N6O/c1-11(18)4-6-17(7-5-11)10-14-8(12)13-9(15-10)16(2)3/h18H,4-7H2,1-3H3,(H2,12,13,14,15). The van der Waals surface area contributed by atoms with Crippen LogP contribution in [0.15, 0.2) is 0 Å². The number of nitrogens with zero attached hydrogens (tertiary/aromatic N) is 5. The lowest BCUT2D eigenvalue weighted by Crippen LogP contribution is -2.43. The van der Waals surface area contributed by atoms with Crippen LogP contribution in [0.3, 0.4) is 0 Å². The first kappa shape index (κ1) is 12.8. The normalized spacial score (nSPS) is 18.8. The van der Waals surface area contributed by atoms with E-state index in [1.165, 1.54) is 0 Å². The van der Waals surface area contributed by atoms with Gasteiger partial charge in [-0.05, 0) is 19.8 Å². The summed E-state index contributed by atoms with van der Waals surface area (Å²) >= 11 is 0. The van der Waals surface area contributed by atoms with Crippen LogP contribution < -0.4 is 15.5 Å². The molecule has 2 heterocycles. The monoisotopic (exact) mass is 252 g/mol. The number of aliphatic hydroxyl groups is 1. The van der Waals surface area contributed by atoms with Crippen LogP contribution in [0.2, 0.25) is 0 Å². The van der Waals surface area contributed by atoms with E-state index in [1.54, 1.807) is 4.90 Å². The summed E-state index contributed by atoms with van der Waals surface area (Å²) in [7, 11) is 3.72. The average molecular weight is 252 g/mol. The highest BCUT2D eigenvalue weighted by atomic mass is 16.3. The zero-order valence-corrected chi connectivity index (χ0v) is 11.1. The van der Waals surface area contributed by atoms with Gasteiger partial charge in [0.25, 0.3) is 0 Å². The van der Waals surface area contributed by atoms with Gasteiger partial charge in [0.05, 0.1) is 5.60 Å². The molecule has 1 aromatic heterocycles. The Morgan fingerprint density at radius 2 is 1.83 bits per heavy atom. The van der Waals surface area contributed by atoms with Gasteiger partial charge in [-0.25, -0.2) is 0 Å². The molecule has 1 aliphatic heterocycles. The first-order chi connectivity index (χ1) is 8.37. The summed E-state index contributed by atoms with van der Waals surface area (Å²) in [6.07, 6.45) is 1.41. The molecule has 0 aliphatic carbocycles. The van der Waals surface area contributed by atoms with Crippen molar-refractivity contribution >= 4 is 17.8 Å². The Morgan fingerprint density at radius 1 is 1.22 bits per heavy atom. The molecule has 1 saturated heterocycles. The highest BCUT2D eigenvalue weighted by Crippen LogP contribution is 2.24. The molecule has 0 bridgehead atoms. The van der Waals surface area contributed by atoms with E-state index in [1.807, 2.05) is 25.9 Å². The number of hydrogen-bond acceptors (Lipinski definition) is 7. The molecular weight excluding hydrogens is 232 g/mol. The van der Waals surface area contributed by atoms with Crippen molar-refractivity contribution in [3.8, 4) is 0 Å². The van der Waals surface area contributed by atoms with Crippen LogP contribution in [-0.2, 0) is 0 Å². The van der Waals surface area contributed by atoms with Crippen molar-refractivity contribution in [2.24, 2.45) is 0 Å². The fraction of sp³-hybridized carbons (Fsp3) is 0.727. The van der Waals surface area contributed by atoms with Crippen LogP contribution in [0, 0.1) is 0 Å². The average Bonchev–Trinajstić information content (AvgIpc) is 2.28. The topological polar surface area (TPSA) is 91.4 Å². The molecule has 0 radical (unpaired) electrons. The van der Waals surface area contributed by atoms with Gasteiger partial charge in [-0.2, -0.15) is 15.0 Å². The van der Waals surface area contributed by atoms with Gasteiger partial charge in [0.2, 0.25) is 17.8 Å². The fourth-order valence-corrected chi connectivity index (χ4v) is 1.90. The second-order valence-electron chi connectivity index (χ2n) is 5.17. The Labute approximate surface area is 107 Å². The van der Waals surface area contributed by atoms with Crippen LogP contribution in [-0.4, -0.2) is 52.8 Å². The summed E-state index contributed by atoms with van der Waals surface area (Å²) in [6, 6.07) is 0. The Balaban J connectivity index is 2.19. The summed E-state index contributed by atoms with van der Waals surface area (Å²) < 4.78 is 0. The van der Waals surface area contributed by atoms with Gasteiger partial charge >= 0.3 is 0 Å². The molecule has 0 unspecified atom stereocenters. The second kappa shape index (κ2) is 4.56. The van der Waals surface area contributed by atoms with Crippen molar-refractivity contribution in [1.82, 2.24) is 15.0 Å². The molecule has 1 aliphatic rings. The van der Waals surface area contributed by atoms with Crippen molar-refractivity contribution in [1.29, 1.82) is 0 Å². The van der Waals surface area contributed by atoms with E-state index in [0.717, 1.165) is 13.1 Å². The first-order valence-corrected chi connectivity index (χ1v) is 6.04. The predicted octanol–water partition coefficient (Wildman–Crippen LogP) is -0.129. The minimum absolute atomic E-state index is 0.223. The summed E-state index contributed by atoms with van der Waals surface area (Å²) in [5.74, 6) is 1.36. The van der Waals surface area contributed by atoms with E-state index in [0.29, 0.717) is 24.7 Å². The first-order valence-electron chi connectivity index (χ1n) is 6.04. The van der Waals surface area contributed by atoms with Crippen LogP contribution in [0.5, 0.6) is 0 Å². The third kappa shape index (κ3) is 2.79. The molecule has 0 aromatic carbocycles. The predicted molar refractivity (Wildman–Crippen MR) is 70.6 cm³/mol. The molecule has 18 heavy (non-hydrogen) atoms. The zero-order valence-electron chi connectivity index (χ0n) is 11.1. The van der Waals surface area contributed by atoms with Gasteiger partial charge in [-0.3, -0.25) is 0 Å². The molecule has 2 rings (SSSR count). The molecule has 7 nitrogen and oxygen atoms in total. The van der Waals surface area contributed by atoms with E-state index >= 15 is 0 Å². The number of hydrogen-bond donors (Lipinski definition) is 2. The van der Waals surface area contributed by atoms with E-state index in [2.05, 4.69) is 15.0 Å². The maximum absolute atomic E-state index is 9.92. The summed E-state index contributed by atoms with van der Waals surface area (Å²) in [5, 5.41) is 9.92. The maximum atomic E-state index is 9.92. The summed E-state index contributed by atoms with van der Waals surface area (Å²) in [4.78, 5) is 16.4. The van der Waals surface area contributed by atoms with Crippen molar-refractivity contribution in [2.45, 2.75) is 25.4 Å². The number of piperidine rings is 1. The molecule has 3 N–H and O–H groups in total. The van der Waals surface area contributed by atoms with Crippen LogP contribution in [0.4, 0.5) is 17.8 Å². The van der Waals surface area contributed by atoms with Gasteiger partial charge in [-0.1, -0.05) is 0 Å². The van der Waals surface area contributed by atoms with E-state index in [-0.39, 0.29) is 5.95 Å². The highest BCUT2D eigenvalue weighted by molar-refractivity contribution is 5.43. The van der Waals surface area contributed by atoms with Crippen molar-refractivity contribution in [2.75, 3.05) is 42.7 Å². The molecule has 0 spiro atoms. The van der Waals surface area contributed by atoms with Gasteiger partial charge < -0.3 is 20.6 Å². The molecule has 0 amide bonds. The van der Waals surface area contributed by atoms with Gasteiger partial charge in [-0.15, -0.1) is 0 Å². The molecule has 0 atom stereocenters. The minimum Gasteiger partial charge on any atom is -0.390 e. The molecule has 0 saturated carbocycles. The van der Waals surface area contributed by atoms with E-state index in [4.69, 9.17) is 5.73 Å². The largest absolute Gasteiger partial charge is 0.390 e. The third-order valence-corrected chi connectivity index (χ3v) is 3.15. The number of anilines is 3. The lowest BCUT2D eigenvalue weighted by Gasteiger charge is -2.35. The Morgan fingerprint density at radius 3 is 2.39 bits per heavy atom. The number of aromatic nitrogens is 3. The quantitative estimate of drug-likeness (QED) is 0.757. The SMILES string of the molecule is CN(C)c1nc(N)nc(N2CCC(C)(O)CC2)n1. The minimum atomic E-state index is -0.584. The van der Waals surface area contributed by atoms with Gasteiger partial charge in [0.15, 0.2) is 0 Å². The molecule has 1 aromatic rings. The van der Waals surface area contributed by atoms with Crippen LogP contribution in [0.25, 0.3) is 0 Å². The van der Waals surface area contributed by atoms with Crippen molar-refractivity contribution in [3.63, 3.8) is 0 Å². The summed E-state index contributed by atoms with van der Waals surface area (Å²) in [6.45, 7) is 3.31. The Hall–Kier alpha value is -1.63. The molecule has 1 fully saturated rings. The van der Waals surface area contributed by atoms with Crippen molar-refractivity contribution in [3.05, 3.63) is 0 Å². The van der Waals surface area contributed by atoms with Gasteiger partial charge in [0, 0.05) is 27.2 Å². The number of rotatable bonds is 2. The highest BCUT2D eigenvalue weighted by Gasteiger charge is 2.28. The summed E-state index contributed by atoms with van der Waals surface area (Å²) in [5.41, 5.74) is 5.11. The Kier molecular flexibility index (Phi) is 3.25. The van der Waals surface area contributed by atoms with Crippen LogP contribution in [0.1, 0.15) is 19.8 Å². The number of nitrogens with two attached hydrogens (primary N) is 1. The van der Waals surface area contributed by atoms with Crippen LogP contribution >= 0.6 is 0 Å². The fourth-order valence-electron chi connectivity index (χ4n) is 1.90. The lowest BCUT2D eigenvalue weighted by molar-refractivity contribution is 0.0349. The zero-order chi connectivity index (χ0) is 13.3. The third-order valence-electron chi connectivity index (χ3n) is 3.15. The molecular formula is C11H20N6O. The Bertz CT molecular complexity index is 424. The van der Waals surface area contributed by atoms with Crippen molar-refractivity contribution < 1.29 is 5.11 Å². The molecule has 7 heteroatoms. The maximum Gasteiger partial charge on any atom is 0.231 e.